The Morgan fingerprint density at radius 3 is 2.60 bits per heavy atom. The average Bonchev–Trinajstić information content (AvgIpc) is 2.18. The Kier molecular flexibility index (Phi) is 5.15. The molecule has 0 saturated heterocycles. The van der Waals surface area contributed by atoms with Gasteiger partial charge in [-0.2, -0.15) is 0 Å². The van der Waals surface area contributed by atoms with Gasteiger partial charge in [-0.3, -0.25) is 4.79 Å². The molecule has 0 aromatic heterocycles. The van der Waals surface area contributed by atoms with Gasteiger partial charge in [0.25, 0.3) is 0 Å². The predicted molar refractivity (Wildman–Crippen MR) is 55.4 cm³/mol. The predicted octanol–water partition coefficient (Wildman–Crippen LogP) is 1.49. The topological polar surface area (TPSA) is 75.6 Å². The molecule has 0 heterocycles. The lowest BCUT2D eigenvalue weighted by molar-refractivity contribution is -0.152. The van der Waals surface area contributed by atoms with Gasteiger partial charge in [0.1, 0.15) is 12.1 Å². The van der Waals surface area contributed by atoms with Crippen LogP contribution in [0.5, 0.6) is 0 Å². The monoisotopic (exact) mass is 234 g/mol. The zero-order chi connectivity index (χ0) is 11.3. The Morgan fingerprint density at radius 2 is 2.07 bits per heavy atom. The maximum Gasteiger partial charge on any atom is 0.611 e. The van der Waals surface area contributed by atoms with Crippen LogP contribution >= 0.6 is 8.18 Å². The van der Waals surface area contributed by atoms with E-state index < -0.39 is 20.2 Å². The summed E-state index contributed by atoms with van der Waals surface area (Å²) in [6.07, 6.45) is 5.19. The van der Waals surface area contributed by atoms with Gasteiger partial charge in [0.2, 0.25) is 0 Å². The van der Waals surface area contributed by atoms with E-state index in [1.165, 1.54) is 13.3 Å². The minimum absolute atomic E-state index is 0.00734. The van der Waals surface area contributed by atoms with Gasteiger partial charge in [-0.05, 0) is 37.2 Å². The molecule has 1 saturated carbocycles. The summed E-state index contributed by atoms with van der Waals surface area (Å²) in [5, 5.41) is 2.22. The molecule has 1 fully saturated rings. The van der Waals surface area contributed by atoms with Crippen LogP contribution in [0.3, 0.4) is 0 Å². The molecule has 0 radical (unpaired) electrons. The highest BCUT2D eigenvalue weighted by molar-refractivity contribution is 7.35. The summed E-state index contributed by atoms with van der Waals surface area (Å²) in [6.45, 7) is 1.52. The van der Waals surface area contributed by atoms with Crippen LogP contribution in [0.1, 0.15) is 39.0 Å². The first kappa shape index (κ1) is 12.6. The van der Waals surface area contributed by atoms with E-state index in [0.29, 0.717) is 0 Å². The maximum absolute atomic E-state index is 11.4. The normalized spacial score (nSPS) is 20.8. The molecule has 0 spiro atoms. The number of hydrogen-bond acceptors (Lipinski definition) is 3. The van der Waals surface area contributed by atoms with Crippen molar-refractivity contribution in [2.24, 2.45) is 0 Å². The van der Waals surface area contributed by atoms with Gasteiger partial charge in [-0.25, -0.2) is 0 Å². The van der Waals surface area contributed by atoms with Gasteiger partial charge in [0.15, 0.2) is 0 Å². The lowest BCUT2D eigenvalue weighted by Gasteiger charge is -2.22. The standard InChI is InChI=1S/C9H16NO4P/c1-7(10-15(12)13)9(11)14-8-5-3-2-4-6-8/h7-8H,2-6H2,1H3,(H-,10,12,13)/p+1/t7-/m0/s1. The molecule has 15 heavy (non-hydrogen) atoms. The Hall–Kier alpha value is -0.510. The number of esters is 1. The molecule has 0 aromatic carbocycles. The molecular formula is C9H17NO4P+. The number of rotatable bonds is 4. The first-order chi connectivity index (χ1) is 7.09. The molecule has 1 aliphatic carbocycles. The second-order valence-electron chi connectivity index (χ2n) is 3.82. The fourth-order valence-electron chi connectivity index (χ4n) is 1.67. The third kappa shape index (κ3) is 4.69. The zero-order valence-corrected chi connectivity index (χ0v) is 9.70. The molecule has 2 atom stereocenters. The first-order valence-corrected chi connectivity index (χ1v) is 6.43. The third-order valence-corrected chi connectivity index (χ3v) is 3.10. The summed E-state index contributed by atoms with van der Waals surface area (Å²) in [4.78, 5) is 20.0. The average molecular weight is 234 g/mol. The summed E-state index contributed by atoms with van der Waals surface area (Å²) >= 11 is 0. The van der Waals surface area contributed by atoms with Gasteiger partial charge in [0.05, 0.1) is 0 Å². The Morgan fingerprint density at radius 1 is 1.47 bits per heavy atom. The number of nitrogens with one attached hydrogen (secondary N) is 1. The van der Waals surface area contributed by atoms with Gasteiger partial charge < -0.3 is 4.74 Å². The molecule has 86 valence electrons. The second kappa shape index (κ2) is 6.16. The summed E-state index contributed by atoms with van der Waals surface area (Å²) in [7, 11) is -2.50. The van der Waals surface area contributed by atoms with Crippen molar-refractivity contribution in [2.75, 3.05) is 0 Å². The zero-order valence-electron chi connectivity index (χ0n) is 8.81. The Bertz CT molecular complexity index is 240. The van der Waals surface area contributed by atoms with Crippen molar-refractivity contribution in [3.05, 3.63) is 0 Å². The van der Waals surface area contributed by atoms with Crippen molar-refractivity contribution < 1.29 is 19.0 Å². The lowest BCUT2D eigenvalue weighted by atomic mass is 9.98. The highest BCUT2D eigenvalue weighted by Crippen LogP contribution is 2.21. The summed E-state index contributed by atoms with van der Waals surface area (Å²) in [5.41, 5.74) is 0. The van der Waals surface area contributed by atoms with Gasteiger partial charge >= 0.3 is 14.1 Å². The van der Waals surface area contributed by atoms with Crippen LogP contribution in [-0.2, 0) is 14.1 Å². The SMILES string of the molecule is C[C@H](N[P+](=O)O)C(=O)OC1CCCCC1. The van der Waals surface area contributed by atoms with Crippen LogP contribution < -0.4 is 5.09 Å². The van der Waals surface area contributed by atoms with Crippen LogP contribution in [0, 0.1) is 0 Å². The Balaban J connectivity index is 2.30. The third-order valence-electron chi connectivity index (χ3n) is 2.49. The van der Waals surface area contributed by atoms with Gasteiger partial charge in [-0.15, -0.1) is 4.89 Å². The summed E-state index contributed by atoms with van der Waals surface area (Å²) < 4.78 is 15.6. The van der Waals surface area contributed by atoms with Crippen molar-refractivity contribution in [1.82, 2.24) is 5.09 Å². The van der Waals surface area contributed by atoms with Gasteiger partial charge in [0, 0.05) is 0 Å². The maximum atomic E-state index is 11.4. The fraction of sp³-hybridized carbons (Fsp3) is 0.889. The fourth-order valence-corrected chi connectivity index (χ4v) is 2.10. The molecule has 1 rings (SSSR count). The molecule has 2 N–H and O–H groups in total. The lowest BCUT2D eigenvalue weighted by Crippen LogP contribution is -2.34. The van der Waals surface area contributed by atoms with E-state index in [0.717, 1.165) is 25.7 Å². The highest BCUT2D eigenvalue weighted by atomic mass is 31.1. The minimum Gasteiger partial charge on any atom is -0.461 e. The Labute approximate surface area is 90.1 Å². The molecule has 1 aliphatic rings. The van der Waals surface area contributed by atoms with Gasteiger partial charge in [-0.1, -0.05) is 11.5 Å². The van der Waals surface area contributed by atoms with Crippen molar-refractivity contribution >= 4 is 14.1 Å². The van der Waals surface area contributed by atoms with E-state index in [9.17, 15) is 9.36 Å². The van der Waals surface area contributed by atoms with E-state index in [1.807, 2.05) is 0 Å². The van der Waals surface area contributed by atoms with Crippen LogP contribution in [0.4, 0.5) is 0 Å². The molecule has 5 nitrogen and oxygen atoms in total. The van der Waals surface area contributed by atoms with Crippen molar-refractivity contribution in [2.45, 2.75) is 51.2 Å². The molecule has 1 unspecified atom stereocenters. The van der Waals surface area contributed by atoms with E-state index in [2.05, 4.69) is 5.09 Å². The van der Waals surface area contributed by atoms with E-state index >= 15 is 0 Å². The van der Waals surface area contributed by atoms with Crippen molar-refractivity contribution in [1.29, 1.82) is 0 Å². The largest absolute Gasteiger partial charge is 0.611 e. The highest BCUT2D eigenvalue weighted by Gasteiger charge is 2.26. The quantitative estimate of drug-likeness (QED) is 0.569. The molecule has 6 heteroatoms. The van der Waals surface area contributed by atoms with Crippen molar-refractivity contribution in [3.8, 4) is 0 Å². The summed E-state index contributed by atoms with van der Waals surface area (Å²) in [5.74, 6) is -0.445. The second-order valence-corrected chi connectivity index (χ2v) is 4.62. The number of carbonyl (C=O) groups is 1. The molecule has 0 bridgehead atoms. The van der Waals surface area contributed by atoms with E-state index in [4.69, 9.17) is 9.63 Å². The molecule has 0 aromatic rings. The number of hydrogen-bond donors (Lipinski definition) is 2. The number of carbonyl (C=O) groups excluding carboxylic acids is 1. The first-order valence-electron chi connectivity index (χ1n) is 5.22. The van der Waals surface area contributed by atoms with Crippen LogP contribution in [-0.4, -0.2) is 23.0 Å². The molecular weight excluding hydrogens is 217 g/mol. The smallest absolute Gasteiger partial charge is 0.461 e. The van der Waals surface area contributed by atoms with Crippen molar-refractivity contribution in [3.63, 3.8) is 0 Å². The number of ether oxygens (including phenoxy) is 1. The van der Waals surface area contributed by atoms with Crippen LogP contribution in [0.2, 0.25) is 0 Å². The minimum atomic E-state index is -2.50. The van der Waals surface area contributed by atoms with E-state index in [-0.39, 0.29) is 6.10 Å². The van der Waals surface area contributed by atoms with E-state index in [1.54, 1.807) is 0 Å². The molecule has 0 amide bonds. The summed E-state index contributed by atoms with van der Waals surface area (Å²) in [6, 6.07) is -0.722. The molecule has 0 aliphatic heterocycles. The van der Waals surface area contributed by atoms with Crippen LogP contribution in [0.25, 0.3) is 0 Å². The van der Waals surface area contributed by atoms with Crippen LogP contribution in [0.15, 0.2) is 0 Å².